The largest absolute Gasteiger partial charge is 0.393 e. The second-order valence-electron chi connectivity index (χ2n) is 3.86. The van der Waals surface area contributed by atoms with E-state index >= 15 is 0 Å². The van der Waals surface area contributed by atoms with Crippen molar-refractivity contribution in [2.45, 2.75) is 13.1 Å². The molecule has 0 aromatic rings. The number of nitrogens with zero attached hydrogens (tertiary/aromatic N) is 1. The predicted octanol–water partition coefficient (Wildman–Crippen LogP) is 1.03. The van der Waals surface area contributed by atoms with Crippen molar-refractivity contribution in [2.75, 3.05) is 26.3 Å². The van der Waals surface area contributed by atoms with Gasteiger partial charge < -0.3 is 15.4 Å². The first-order valence-corrected chi connectivity index (χ1v) is 5.09. The number of nitrogens with one attached hydrogen (secondary N) is 1. The number of hydrogen-bond donors (Lipinski definition) is 2. The highest BCUT2D eigenvalue weighted by Crippen LogP contribution is 2.37. The van der Waals surface area contributed by atoms with Gasteiger partial charge in [0, 0.05) is 25.6 Å². The van der Waals surface area contributed by atoms with Crippen molar-refractivity contribution in [3.05, 3.63) is 0 Å². The van der Waals surface area contributed by atoms with Gasteiger partial charge in [0.1, 0.15) is 0 Å². The molecule has 7 heteroatoms. The molecule has 0 unspecified atom stereocenters. The van der Waals surface area contributed by atoms with E-state index in [-0.39, 0.29) is 25.7 Å². The fourth-order valence-corrected chi connectivity index (χ4v) is 1.88. The SMILES string of the molecule is CCOC[C@@H]1CN(C(=N)N)C[C@H]1C(F)(F)F. The van der Waals surface area contributed by atoms with E-state index in [4.69, 9.17) is 15.9 Å². The number of hydrogen-bond acceptors (Lipinski definition) is 2. The van der Waals surface area contributed by atoms with Crippen molar-refractivity contribution in [3.63, 3.8) is 0 Å². The van der Waals surface area contributed by atoms with Crippen molar-refractivity contribution >= 4 is 5.96 Å². The third kappa shape index (κ3) is 3.01. The van der Waals surface area contributed by atoms with E-state index < -0.39 is 18.0 Å². The predicted molar refractivity (Wildman–Crippen MR) is 53.0 cm³/mol. The molecule has 0 amide bonds. The minimum absolute atomic E-state index is 0.0600. The fraction of sp³-hybridized carbons (Fsp3) is 0.889. The Labute approximate surface area is 92.0 Å². The van der Waals surface area contributed by atoms with Gasteiger partial charge in [0.25, 0.3) is 0 Å². The molecule has 0 bridgehead atoms. The van der Waals surface area contributed by atoms with Gasteiger partial charge in [0.05, 0.1) is 12.5 Å². The zero-order valence-electron chi connectivity index (χ0n) is 9.05. The highest BCUT2D eigenvalue weighted by molar-refractivity contribution is 5.74. The first kappa shape index (κ1) is 13.1. The van der Waals surface area contributed by atoms with E-state index in [2.05, 4.69) is 0 Å². The van der Waals surface area contributed by atoms with Crippen LogP contribution in [-0.4, -0.2) is 43.3 Å². The number of nitrogens with two attached hydrogens (primary N) is 1. The summed E-state index contributed by atoms with van der Waals surface area (Å²) in [5.74, 6) is -2.40. The van der Waals surface area contributed by atoms with E-state index in [1.807, 2.05) is 0 Å². The molecule has 1 saturated heterocycles. The summed E-state index contributed by atoms with van der Waals surface area (Å²) in [6.45, 7) is 2.09. The highest BCUT2D eigenvalue weighted by Gasteiger charge is 2.49. The zero-order valence-corrected chi connectivity index (χ0v) is 9.05. The molecule has 1 heterocycles. The number of guanidine groups is 1. The lowest BCUT2D eigenvalue weighted by Gasteiger charge is -2.20. The Balaban J connectivity index is 2.67. The Kier molecular flexibility index (Phi) is 4.01. The molecule has 2 atom stereocenters. The van der Waals surface area contributed by atoms with Crippen LogP contribution in [0.1, 0.15) is 6.92 Å². The maximum absolute atomic E-state index is 12.7. The number of rotatable bonds is 3. The molecule has 1 fully saturated rings. The van der Waals surface area contributed by atoms with E-state index in [1.165, 1.54) is 4.90 Å². The van der Waals surface area contributed by atoms with Gasteiger partial charge in [0.15, 0.2) is 5.96 Å². The summed E-state index contributed by atoms with van der Waals surface area (Å²) in [5.41, 5.74) is 5.20. The van der Waals surface area contributed by atoms with E-state index in [0.717, 1.165) is 0 Å². The summed E-state index contributed by atoms with van der Waals surface area (Å²) in [4.78, 5) is 1.24. The summed E-state index contributed by atoms with van der Waals surface area (Å²) in [7, 11) is 0. The lowest BCUT2D eigenvalue weighted by molar-refractivity contribution is -0.183. The maximum Gasteiger partial charge on any atom is 0.393 e. The van der Waals surface area contributed by atoms with Crippen LogP contribution in [0.5, 0.6) is 0 Å². The fourth-order valence-electron chi connectivity index (χ4n) is 1.88. The summed E-state index contributed by atoms with van der Waals surface area (Å²) in [6, 6.07) is 0. The van der Waals surface area contributed by atoms with Crippen LogP contribution in [0, 0.1) is 17.2 Å². The standard InChI is InChI=1S/C9H16F3N3O/c1-2-16-5-6-3-15(8(13)14)4-7(6)9(10,11)12/h6-7H,2-5H2,1H3,(H3,13,14)/t6-,7+/m0/s1. The minimum atomic E-state index is -4.26. The van der Waals surface area contributed by atoms with Crippen LogP contribution in [0.3, 0.4) is 0 Å². The first-order valence-electron chi connectivity index (χ1n) is 5.09. The quantitative estimate of drug-likeness (QED) is 0.571. The van der Waals surface area contributed by atoms with Gasteiger partial charge in [-0.3, -0.25) is 5.41 Å². The summed E-state index contributed by atoms with van der Waals surface area (Å²) < 4.78 is 43.1. The van der Waals surface area contributed by atoms with Gasteiger partial charge in [-0.2, -0.15) is 13.2 Å². The van der Waals surface area contributed by atoms with Crippen molar-refractivity contribution in [1.82, 2.24) is 4.90 Å². The lowest BCUT2D eigenvalue weighted by Crippen LogP contribution is -2.36. The van der Waals surface area contributed by atoms with E-state index in [9.17, 15) is 13.2 Å². The van der Waals surface area contributed by atoms with Crippen LogP contribution >= 0.6 is 0 Å². The second-order valence-corrected chi connectivity index (χ2v) is 3.86. The molecule has 0 saturated carbocycles. The average Bonchev–Trinajstić information content (AvgIpc) is 2.57. The smallest absolute Gasteiger partial charge is 0.381 e. The van der Waals surface area contributed by atoms with Gasteiger partial charge in [-0.15, -0.1) is 0 Å². The molecule has 1 aliphatic rings. The molecular formula is C9H16F3N3O. The Hall–Kier alpha value is -0.980. The molecule has 0 spiro atoms. The van der Waals surface area contributed by atoms with E-state index in [0.29, 0.717) is 6.61 Å². The minimum Gasteiger partial charge on any atom is -0.381 e. The molecule has 0 aromatic carbocycles. The molecule has 0 aromatic heterocycles. The van der Waals surface area contributed by atoms with Gasteiger partial charge in [0.2, 0.25) is 0 Å². The average molecular weight is 239 g/mol. The third-order valence-corrected chi connectivity index (χ3v) is 2.74. The maximum atomic E-state index is 12.7. The number of alkyl halides is 3. The lowest BCUT2D eigenvalue weighted by atomic mass is 9.96. The molecule has 0 aliphatic carbocycles. The monoisotopic (exact) mass is 239 g/mol. The molecule has 1 rings (SSSR count). The van der Waals surface area contributed by atoms with Gasteiger partial charge in [-0.1, -0.05) is 0 Å². The van der Waals surface area contributed by atoms with Crippen LogP contribution < -0.4 is 5.73 Å². The van der Waals surface area contributed by atoms with Gasteiger partial charge >= 0.3 is 6.18 Å². The highest BCUT2D eigenvalue weighted by atomic mass is 19.4. The Morgan fingerprint density at radius 2 is 2.12 bits per heavy atom. The molecular weight excluding hydrogens is 223 g/mol. The third-order valence-electron chi connectivity index (χ3n) is 2.74. The van der Waals surface area contributed by atoms with Gasteiger partial charge in [-0.05, 0) is 6.92 Å². The first-order chi connectivity index (χ1) is 7.36. The van der Waals surface area contributed by atoms with Crippen LogP contribution in [-0.2, 0) is 4.74 Å². The Bertz CT molecular complexity index is 257. The number of ether oxygens (including phenoxy) is 1. The van der Waals surface area contributed by atoms with Crippen molar-refractivity contribution < 1.29 is 17.9 Å². The van der Waals surface area contributed by atoms with Crippen molar-refractivity contribution in [2.24, 2.45) is 17.6 Å². The molecule has 0 radical (unpaired) electrons. The van der Waals surface area contributed by atoms with Crippen molar-refractivity contribution in [1.29, 1.82) is 5.41 Å². The van der Waals surface area contributed by atoms with E-state index in [1.54, 1.807) is 6.92 Å². The van der Waals surface area contributed by atoms with Crippen LogP contribution in [0.2, 0.25) is 0 Å². The number of likely N-dealkylation sites (tertiary alicyclic amines) is 1. The molecule has 94 valence electrons. The van der Waals surface area contributed by atoms with Crippen LogP contribution in [0.4, 0.5) is 13.2 Å². The Morgan fingerprint density at radius 3 is 2.56 bits per heavy atom. The Morgan fingerprint density at radius 1 is 1.50 bits per heavy atom. The van der Waals surface area contributed by atoms with Crippen molar-refractivity contribution in [3.8, 4) is 0 Å². The zero-order chi connectivity index (χ0) is 12.3. The van der Waals surface area contributed by atoms with Crippen LogP contribution in [0.15, 0.2) is 0 Å². The normalized spacial score (nSPS) is 26.1. The second kappa shape index (κ2) is 4.90. The molecule has 3 N–H and O–H groups in total. The number of halogens is 3. The molecule has 16 heavy (non-hydrogen) atoms. The van der Waals surface area contributed by atoms with Crippen LogP contribution in [0.25, 0.3) is 0 Å². The molecule has 1 aliphatic heterocycles. The summed E-state index contributed by atoms with van der Waals surface area (Å²) in [6.07, 6.45) is -4.26. The topological polar surface area (TPSA) is 62.3 Å². The summed E-state index contributed by atoms with van der Waals surface area (Å²) in [5, 5.41) is 7.15. The van der Waals surface area contributed by atoms with Gasteiger partial charge in [-0.25, -0.2) is 0 Å². The molecule has 4 nitrogen and oxygen atoms in total. The summed E-state index contributed by atoms with van der Waals surface area (Å²) >= 11 is 0.